The Morgan fingerprint density at radius 3 is 2.50 bits per heavy atom. The number of nitrogens with one attached hydrogen (secondary N) is 1. The Morgan fingerprint density at radius 1 is 1.09 bits per heavy atom. The number of nitrogens with zero attached hydrogens (tertiary/aromatic N) is 3. The minimum absolute atomic E-state index is 0.0348. The first-order valence-corrected chi connectivity index (χ1v) is 14.8. The van der Waals surface area contributed by atoms with Gasteiger partial charge in [0.1, 0.15) is 16.7 Å². The topological polar surface area (TPSA) is 83.8 Å². The highest BCUT2D eigenvalue weighted by molar-refractivity contribution is 6.31. The Labute approximate surface area is 259 Å². The van der Waals surface area contributed by atoms with Gasteiger partial charge in [-0.1, -0.05) is 23.7 Å². The number of allylic oxidation sites excluding steroid dienone is 2. The number of amides is 2. The van der Waals surface area contributed by atoms with Gasteiger partial charge in [-0.05, 0) is 98.5 Å². The number of aliphatic imine (C=N–C) groups is 1. The zero-order valence-corrected chi connectivity index (χ0v) is 25.7. The molecule has 0 radical (unpaired) electrons. The van der Waals surface area contributed by atoms with Crippen LogP contribution in [0.5, 0.6) is 0 Å². The van der Waals surface area contributed by atoms with Gasteiger partial charge >= 0.3 is 0 Å². The van der Waals surface area contributed by atoms with Gasteiger partial charge in [0, 0.05) is 49.4 Å². The molecular formula is C34H33ClF2N4O3. The van der Waals surface area contributed by atoms with E-state index in [-0.39, 0.29) is 51.2 Å². The number of aryl methyl sites for hydroxylation is 1. The van der Waals surface area contributed by atoms with Crippen LogP contribution in [0, 0.1) is 18.6 Å². The van der Waals surface area contributed by atoms with Gasteiger partial charge < -0.3 is 10.2 Å². The van der Waals surface area contributed by atoms with Crippen LogP contribution in [-0.2, 0) is 0 Å². The molecule has 1 N–H and O–H groups in total. The van der Waals surface area contributed by atoms with Crippen molar-refractivity contribution in [2.75, 3.05) is 14.1 Å². The van der Waals surface area contributed by atoms with Gasteiger partial charge in [-0.2, -0.15) is 0 Å². The number of rotatable bonds is 9. The molecule has 2 unspecified atom stereocenters. The largest absolute Gasteiger partial charge is 0.349 e. The number of carbonyl (C=O) groups is 2. The van der Waals surface area contributed by atoms with E-state index in [0.29, 0.717) is 23.2 Å². The van der Waals surface area contributed by atoms with E-state index in [9.17, 15) is 18.8 Å². The Bertz CT molecular complexity index is 1790. The monoisotopic (exact) mass is 618 g/mol. The zero-order chi connectivity index (χ0) is 31.7. The smallest absolute Gasteiger partial charge is 0.273 e. The number of aromatic nitrogens is 1. The quantitative estimate of drug-likeness (QED) is 0.280. The first kappa shape index (κ1) is 31.1. The zero-order valence-electron chi connectivity index (χ0n) is 24.9. The van der Waals surface area contributed by atoms with Crippen LogP contribution in [0.1, 0.15) is 81.1 Å². The van der Waals surface area contributed by atoms with Crippen molar-refractivity contribution < 1.29 is 18.4 Å². The van der Waals surface area contributed by atoms with Crippen molar-refractivity contribution in [2.45, 2.75) is 51.0 Å². The molecule has 0 spiro atoms. The van der Waals surface area contributed by atoms with Gasteiger partial charge in [0.2, 0.25) is 0 Å². The number of hydrogen-bond donors (Lipinski definition) is 1. The van der Waals surface area contributed by atoms with Crippen LogP contribution >= 0.6 is 11.6 Å². The molecule has 5 rings (SSSR count). The highest BCUT2D eigenvalue weighted by Gasteiger charge is 2.42. The lowest BCUT2D eigenvalue weighted by molar-refractivity contribution is 0.0822. The predicted octanol–water partition coefficient (Wildman–Crippen LogP) is 6.45. The summed E-state index contributed by atoms with van der Waals surface area (Å²) in [5, 5.41) is 2.92. The fraction of sp³-hybridized carbons (Fsp3) is 0.294. The van der Waals surface area contributed by atoms with Crippen molar-refractivity contribution in [3.63, 3.8) is 0 Å². The summed E-state index contributed by atoms with van der Waals surface area (Å²) in [4.78, 5) is 44.1. The van der Waals surface area contributed by atoms with Crippen LogP contribution in [-0.4, -0.2) is 47.1 Å². The molecule has 2 aromatic carbocycles. The standard InChI is InChI=1S/C34H33ClF2N4O3/c1-5-12-38-29(24-7-6-8-25(31(24)37)33(43)40(3)4)11-13-41-19(2)14-28(30(35)34(41)44)27-18-26(27)20-15-21(17-22(36)16-20)32(42)39-23-9-10-23/h5-8,11-17,23,26-27H,9-10,18H2,1-4H3,(H,39,42)/b12-5+,13-11+,38-29-. The summed E-state index contributed by atoms with van der Waals surface area (Å²) < 4.78 is 31.3. The van der Waals surface area contributed by atoms with Crippen LogP contribution < -0.4 is 10.9 Å². The first-order chi connectivity index (χ1) is 21.0. The van der Waals surface area contributed by atoms with E-state index in [4.69, 9.17) is 11.6 Å². The van der Waals surface area contributed by atoms with Gasteiger partial charge in [0.25, 0.3) is 17.4 Å². The average molecular weight is 619 g/mol. The van der Waals surface area contributed by atoms with Gasteiger partial charge in [0.05, 0.1) is 11.3 Å². The molecule has 2 aliphatic carbocycles. The summed E-state index contributed by atoms with van der Waals surface area (Å²) in [6, 6.07) is 10.8. The van der Waals surface area contributed by atoms with Crippen molar-refractivity contribution in [3.05, 3.63) is 121 Å². The molecule has 2 fully saturated rings. The molecule has 0 saturated heterocycles. The maximum atomic E-state index is 15.5. The molecule has 10 heteroatoms. The van der Waals surface area contributed by atoms with E-state index < -0.39 is 23.1 Å². The molecule has 0 aliphatic heterocycles. The number of hydrogen-bond acceptors (Lipinski definition) is 4. The minimum atomic E-state index is -0.721. The Balaban J connectivity index is 1.42. The molecule has 2 atom stereocenters. The van der Waals surface area contributed by atoms with Crippen LogP contribution in [0.2, 0.25) is 5.02 Å². The second kappa shape index (κ2) is 12.7. The second-order valence-electron chi connectivity index (χ2n) is 11.4. The van der Waals surface area contributed by atoms with Gasteiger partial charge in [-0.15, -0.1) is 0 Å². The molecule has 2 aliphatic rings. The molecule has 1 heterocycles. The van der Waals surface area contributed by atoms with Crippen molar-refractivity contribution in [1.29, 1.82) is 0 Å². The predicted molar refractivity (Wildman–Crippen MR) is 169 cm³/mol. The fourth-order valence-electron chi connectivity index (χ4n) is 5.20. The highest BCUT2D eigenvalue weighted by Crippen LogP contribution is 2.56. The summed E-state index contributed by atoms with van der Waals surface area (Å²) in [6.45, 7) is 3.52. The van der Waals surface area contributed by atoms with E-state index in [1.54, 1.807) is 46.2 Å². The Hall–Kier alpha value is -4.37. The first-order valence-electron chi connectivity index (χ1n) is 14.4. The third-order valence-electron chi connectivity index (χ3n) is 7.77. The van der Waals surface area contributed by atoms with Crippen LogP contribution in [0.25, 0.3) is 6.20 Å². The third-order valence-corrected chi connectivity index (χ3v) is 8.15. The lowest BCUT2D eigenvalue weighted by Crippen LogP contribution is -2.25. The van der Waals surface area contributed by atoms with Crippen LogP contribution in [0.3, 0.4) is 0 Å². The summed E-state index contributed by atoms with van der Waals surface area (Å²) in [7, 11) is 3.08. The number of carbonyl (C=O) groups excluding carboxylic acids is 2. The van der Waals surface area contributed by atoms with E-state index in [2.05, 4.69) is 10.3 Å². The molecule has 0 bridgehead atoms. The maximum Gasteiger partial charge on any atom is 0.273 e. The molecule has 2 amide bonds. The average Bonchev–Trinajstić information content (AvgIpc) is 3.92. The molecular weight excluding hydrogens is 586 g/mol. The lowest BCUT2D eigenvalue weighted by atomic mass is 10.0. The van der Waals surface area contributed by atoms with Crippen LogP contribution in [0.15, 0.2) is 70.6 Å². The van der Waals surface area contributed by atoms with E-state index in [1.807, 2.05) is 6.07 Å². The van der Waals surface area contributed by atoms with Crippen molar-refractivity contribution in [1.82, 2.24) is 14.8 Å². The van der Waals surface area contributed by atoms with Gasteiger partial charge in [-0.25, -0.2) is 8.78 Å². The molecule has 44 heavy (non-hydrogen) atoms. The number of pyridine rings is 1. The maximum absolute atomic E-state index is 15.5. The van der Waals surface area contributed by atoms with Crippen molar-refractivity contribution in [3.8, 4) is 0 Å². The van der Waals surface area contributed by atoms with Crippen molar-refractivity contribution >= 4 is 35.3 Å². The number of benzene rings is 2. The van der Waals surface area contributed by atoms with Gasteiger partial charge in [-0.3, -0.25) is 23.9 Å². The fourth-order valence-corrected chi connectivity index (χ4v) is 5.49. The van der Waals surface area contributed by atoms with Crippen LogP contribution in [0.4, 0.5) is 8.78 Å². The van der Waals surface area contributed by atoms with E-state index >= 15 is 4.39 Å². The molecule has 1 aromatic heterocycles. The number of halogens is 3. The van der Waals surface area contributed by atoms with Crippen molar-refractivity contribution in [2.24, 2.45) is 4.99 Å². The summed E-state index contributed by atoms with van der Waals surface area (Å²) >= 11 is 6.61. The molecule has 7 nitrogen and oxygen atoms in total. The Kier molecular flexibility index (Phi) is 8.97. The third kappa shape index (κ3) is 6.58. The summed E-state index contributed by atoms with van der Waals surface area (Å²) in [5.41, 5.74) is 1.96. The lowest BCUT2D eigenvalue weighted by Gasteiger charge is -2.13. The summed E-state index contributed by atoms with van der Waals surface area (Å²) in [6.07, 6.45) is 8.66. The highest BCUT2D eigenvalue weighted by atomic mass is 35.5. The molecule has 228 valence electrons. The SMILES string of the molecule is C/C=C/N=C(/C=C/n1c(C)cc(C2CC2c2cc(F)cc(C(=O)NC3CC3)c2)c(Cl)c1=O)c1cccc(C(=O)N(C)C)c1F. The summed E-state index contributed by atoms with van der Waals surface area (Å²) in [5.74, 6) is -2.17. The normalized spacial score (nSPS) is 18.2. The minimum Gasteiger partial charge on any atom is -0.349 e. The van der Waals surface area contributed by atoms with E-state index in [0.717, 1.165) is 12.8 Å². The van der Waals surface area contributed by atoms with Gasteiger partial charge in [0.15, 0.2) is 0 Å². The molecule has 3 aromatic rings. The van der Waals surface area contributed by atoms with E-state index in [1.165, 1.54) is 52.2 Å². The Morgan fingerprint density at radius 2 is 1.82 bits per heavy atom. The molecule has 2 saturated carbocycles. The second-order valence-corrected chi connectivity index (χ2v) is 11.8.